The number of Topliss-reactive ketones (excluding diaryl/α,β-unsaturated/α-hetero) is 1. The van der Waals surface area contributed by atoms with Gasteiger partial charge in [-0.15, -0.1) is 11.3 Å². The predicted octanol–water partition coefficient (Wildman–Crippen LogP) is 3.47. The summed E-state index contributed by atoms with van der Waals surface area (Å²) in [5.41, 5.74) is -0.139. The molecule has 1 aliphatic rings. The number of nitrogens with zero attached hydrogens (tertiary/aromatic N) is 1. The summed E-state index contributed by atoms with van der Waals surface area (Å²) in [6.07, 6.45) is 2.11. The van der Waals surface area contributed by atoms with Crippen molar-refractivity contribution >= 4 is 28.7 Å². The minimum absolute atomic E-state index is 0.121. The van der Waals surface area contributed by atoms with E-state index in [1.807, 2.05) is 13.0 Å². The Morgan fingerprint density at radius 2 is 2.32 bits per heavy atom. The summed E-state index contributed by atoms with van der Waals surface area (Å²) in [5, 5.41) is 0. The SMILES string of the molecule is COC1(C)CCCN(C(C)C(=O)c2ccc(Cl)s2)C1. The van der Waals surface area contributed by atoms with Crippen LogP contribution in [0.2, 0.25) is 4.34 Å². The van der Waals surface area contributed by atoms with Gasteiger partial charge in [0.1, 0.15) is 0 Å². The lowest BCUT2D eigenvalue weighted by Crippen LogP contribution is -2.52. The Labute approximate surface area is 123 Å². The molecule has 0 aromatic carbocycles. The molecule has 0 amide bonds. The van der Waals surface area contributed by atoms with Gasteiger partial charge in [0, 0.05) is 13.7 Å². The number of hydrogen-bond acceptors (Lipinski definition) is 4. The summed E-state index contributed by atoms with van der Waals surface area (Å²) < 4.78 is 6.24. The maximum atomic E-state index is 12.4. The van der Waals surface area contributed by atoms with Gasteiger partial charge >= 0.3 is 0 Å². The average Bonchev–Trinajstić information content (AvgIpc) is 2.84. The normalized spacial score (nSPS) is 26.3. The Kier molecular flexibility index (Phi) is 4.66. The molecule has 19 heavy (non-hydrogen) atoms. The van der Waals surface area contributed by atoms with Crippen LogP contribution in [-0.2, 0) is 4.74 Å². The number of hydrogen-bond donors (Lipinski definition) is 0. The molecule has 1 saturated heterocycles. The van der Waals surface area contributed by atoms with E-state index >= 15 is 0 Å². The number of thiophene rings is 1. The fourth-order valence-electron chi connectivity index (χ4n) is 2.56. The molecule has 0 saturated carbocycles. The van der Waals surface area contributed by atoms with Crippen LogP contribution in [0, 0.1) is 0 Å². The lowest BCUT2D eigenvalue weighted by molar-refractivity contribution is -0.0563. The molecular formula is C14H20ClNO2S. The van der Waals surface area contributed by atoms with Crippen molar-refractivity contribution in [3.63, 3.8) is 0 Å². The smallest absolute Gasteiger partial charge is 0.189 e. The number of likely N-dealkylation sites (tertiary alicyclic amines) is 1. The first-order chi connectivity index (χ1) is 8.95. The van der Waals surface area contributed by atoms with Crippen LogP contribution in [-0.4, -0.2) is 42.5 Å². The van der Waals surface area contributed by atoms with Gasteiger partial charge in [-0.25, -0.2) is 0 Å². The summed E-state index contributed by atoms with van der Waals surface area (Å²) in [6, 6.07) is 3.47. The number of carbonyl (C=O) groups excluding carboxylic acids is 1. The van der Waals surface area contributed by atoms with E-state index in [9.17, 15) is 4.79 Å². The van der Waals surface area contributed by atoms with Gasteiger partial charge in [-0.3, -0.25) is 9.69 Å². The standard InChI is InChI=1S/C14H20ClNO2S/c1-10(13(17)11-5-6-12(15)19-11)16-8-4-7-14(2,9-16)18-3/h5-6,10H,4,7-9H2,1-3H3. The van der Waals surface area contributed by atoms with Crippen molar-refractivity contribution in [1.82, 2.24) is 4.90 Å². The molecule has 106 valence electrons. The number of halogens is 1. The van der Waals surface area contributed by atoms with Crippen LogP contribution in [0.15, 0.2) is 12.1 Å². The lowest BCUT2D eigenvalue weighted by atomic mass is 9.93. The minimum Gasteiger partial charge on any atom is -0.377 e. The predicted molar refractivity (Wildman–Crippen MR) is 79.3 cm³/mol. The Morgan fingerprint density at radius 3 is 2.89 bits per heavy atom. The van der Waals surface area contributed by atoms with Gasteiger partial charge in [-0.05, 0) is 45.4 Å². The van der Waals surface area contributed by atoms with Gasteiger partial charge in [-0.1, -0.05) is 11.6 Å². The van der Waals surface area contributed by atoms with Gasteiger partial charge in [0.15, 0.2) is 5.78 Å². The third-order valence-corrected chi connectivity index (χ3v) is 5.17. The van der Waals surface area contributed by atoms with Crippen LogP contribution < -0.4 is 0 Å². The summed E-state index contributed by atoms with van der Waals surface area (Å²) in [5.74, 6) is 0.150. The van der Waals surface area contributed by atoms with Crippen LogP contribution in [0.3, 0.4) is 0 Å². The highest BCUT2D eigenvalue weighted by atomic mass is 35.5. The van der Waals surface area contributed by atoms with Gasteiger partial charge in [0.05, 0.1) is 20.9 Å². The lowest BCUT2D eigenvalue weighted by Gasteiger charge is -2.41. The molecule has 1 aromatic rings. The number of piperidine rings is 1. The first-order valence-electron chi connectivity index (χ1n) is 6.54. The zero-order valence-electron chi connectivity index (χ0n) is 11.6. The maximum absolute atomic E-state index is 12.4. The zero-order chi connectivity index (χ0) is 14.0. The van der Waals surface area contributed by atoms with Crippen molar-refractivity contribution in [2.45, 2.75) is 38.3 Å². The van der Waals surface area contributed by atoms with Gasteiger partial charge < -0.3 is 4.74 Å². The molecule has 0 N–H and O–H groups in total. The van der Waals surface area contributed by atoms with Crippen molar-refractivity contribution in [2.24, 2.45) is 0 Å². The van der Waals surface area contributed by atoms with Crippen molar-refractivity contribution in [3.8, 4) is 0 Å². The first-order valence-corrected chi connectivity index (χ1v) is 7.73. The molecule has 1 aliphatic heterocycles. The topological polar surface area (TPSA) is 29.5 Å². The quantitative estimate of drug-likeness (QED) is 0.798. The number of carbonyl (C=O) groups is 1. The number of ether oxygens (including phenoxy) is 1. The molecule has 2 unspecified atom stereocenters. The Bertz CT molecular complexity index is 462. The monoisotopic (exact) mass is 301 g/mol. The molecule has 0 bridgehead atoms. The van der Waals surface area contributed by atoms with E-state index in [1.54, 1.807) is 13.2 Å². The molecule has 0 aliphatic carbocycles. The largest absolute Gasteiger partial charge is 0.377 e. The number of methoxy groups -OCH3 is 1. The molecule has 0 radical (unpaired) electrons. The summed E-state index contributed by atoms with van der Waals surface area (Å²) in [4.78, 5) is 15.4. The van der Waals surface area contributed by atoms with Crippen molar-refractivity contribution < 1.29 is 9.53 Å². The Balaban J connectivity index is 2.07. The molecule has 2 atom stereocenters. The van der Waals surface area contributed by atoms with Crippen molar-refractivity contribution in [2.75, 3.05) is 20.2 Å². The summed E-state index contributed by atoms with van der Waals surface area (Å²) in [6.45, 7) is 5.83. The van der Waals surface area contributed by atoms with E-state index in [2.05, 4.69) is 11.8 Å². The highest BCUT2D eigenvalue weighted by molar-refractivity contribution is 7.18. The molecule has 0 spiro atoms. The van der Waals surface area contributed by atoms with Crippen LogP contribution in [0.1, 0.15) is 36.4 Å². The van der Waals surface area contributed by atoms with Gasteiger partial charge in [0.25, 0.3) is 0 Å². The second kappa shape index (κ2) is 5.92. The van der Waals surface area contributed by atoms with Crippen LogP contribution >= 0.6 is 22.9 Å². The third-order valence-electron chi connectivity index (χ3n) is 3.92. The van der Waals surface area contributed by atoms with Gasteiger partial charge in [0.2, 0.25) is 0 Å². The molecule has 1 fully saturated rings. The Hall–Kier alpha value is -0.420. The van der Waals surface area contributed by atoms with Crippen LogP contribution in [0.25, 0.3) is 0 Å². The average molecular weight is 302 g/mol. The highest BCUT2D eigenvalue weighted by Gasteiger charge is 2.35. The van der Waals surface area contributed by atoms with E-state index in [-0.39, 0.29) is 17.4 Å². The summed E-state index contributed by atoms with van der Waals surface area (Å²) in [7, 11) is 1.75. The number of rotatable bonds is 4. The molecule has 1 aromatic heterocycles. The minimum atomic E-state index is -0.139. The first kappa shape index (κ1) is 15.0. The number of ketones is 1. The van der Waals surface area contributed by atoms with E-state index in [0.29, 0.717) is 4.34 Å². The van der Waals surface area contributed by atoms with Crippen LogP contribution in [0.5, 0.6) is 0 Å². The highest BCUT2D eigenvalue weighted by Crippen LogP contribution is 2.28. The molecule has 3 nitrogen and oxygen atoms in total. The third kappa shape index (κ3) is 3.37. The van der Waals surface area contributed by atoms with Crippen LogP contribution in [0.4, 0.5) is 0 Å². The van der Waals surface area contributed by atoms with E-state index in [1.165, 1.54) is 11.3 Å². The molecule has 2 rings (SSSR count). The van der Waals surface area contributed by atoms with Gasteiger partial charge in [-0.2, -0.15) is 0 Å². The summed E-state index contributed by atoms with van der Waals surface area (Å²) >= 11 is 7.25. The van der Waals surface area contributed by atoms with Crippen molar-refractivity contribution in [1.29, 1.82) is 0 Å². The fourth-order valence-corrected chi connectivity index (χ4v) is 3.63. The zero-order valence-corrected chi connectivity index (χ0v) is 13.2. The second-order valence-corrected chi connectivity index (χ2v) is 7.09. The van der Waals surface area contributed by atoms with Crippen molar-refractivity contribution in [3.05, 3.63) is 21.3 Å². The molecular weight excluding hydrogens is 282 g/mol. The van der Waals surface area contributed by atoms with E-state index in [4.69, 9.17) is 16.3 Å². The van der Waals surface area contributed by atoms with E-state index in [0.717, 1.165) is 30.8 Å². The molecule has 5 heteroatoms. The molecule has 2 heterocycles. The Morgan fingerprint density at radius 1 is 1.58 bits per heavy atom. The van der Waals surface area contributed by atoms with E-state index < -0.39 is 0 Å². The maximum Gasteiger partial charge on any atom is 0.189 e. The second-order valence-electron chi connectivity index (χ2n) is 5.37. The fraction of sp³-hybridized carbons (Fsp3) is 0.643.